The molecule has 15 heavy (non-hydrogen) atoms. The van der Waals surface area contributed by atoms with Crippen molar-refractivity contribution in [1.29, 1.82) is 5.26 Å². The van der Waals surface area contributed by atoms with E-state index in [2.05, 4.69) is 4.98 Å². The summed E-state index contributed by atoms with van der Waals surface area (Å²) in [5.74, 6) is 0. The van der Waals surface area contributed by atoms with Gasteiger partial charge in [-0.2, -0.15) is 5.26 Å². The van der Waals surface area contributed by atoms with Gasteiger partial charge in [-0.05, 0) is 12.1 Å². The van der Waals surface area contributed by atoms with Crippen LogP contribution in [0.5, 0.6) is 0 Å². The van der Waals surface area contributed by atoms with Gasteiger partial charge in [0, 0.05) is 6.20 Å². The van der Waals surface area contributed by atoms with Gasteiger partial charge in [-0.25, -0.2) is 0 Å². The van der Waals surface area contributed by atoms with Crippen LogP contribution in [0.1, 0.15) is 5.56 Å². The monoisotopic (exact) mass is 238 g/mol. The number of hydrogen-bond acceptors (Lipinski definition) is 2. The van der Waals surface area contributed by atoms with Crippen molar-refractivity contribution >= 4 is 34.1 Å². The molecule has 2 aromatic rings. The Balaban J connectivity index is 3.07. The van der Waals surface area contributed by atoms with Gasteiger partial charge in [-0.1, -0.05) is 23.2 Å². The summed E-state index contributed by atoms with van der Waals surface area (Å²) in [7, 11) is 0. The topological polar surface area (TPSA) is 56.6 Å². The third-order valence-corrected chi connectivity index (χ3v) is 2.69. The minimum absolute atomic E-state index is 0.0201. The van der Waals surface area contributed by atoms with Crippen molar-refractivity contribution in [3.05, 3.63) is 44.2 Å². The van der Waals surface area contributed by atoms with Crippen LogP contribution in [0.15, 0.2) is 23.1 Å². The van der Waals surface area contributed by atoms with Gasteiger partial charge in [0.2, 0.25) is 5.43 Å². The maximum atomic E-state index is 11.7. The van der Waals surface area contributed by atoms with Gasteiger partial charge in [0.25, 0.3) is 0 Å². The van der Waals surface area contributed by atoms with Gasteiger partial charge in [0.15, 0.2) is 0 Å². The maximum Gasteiger partial charge on any atom is 0.208 e. The standard InChI is InChI=1S/C10H4Cl2N2O/c11-6-1-2-7(12)9-8(6)10(15)5(3-13)4-14-9/h1-2,4H,(H,14,15). The minimum Gasteiger partial charge on any atom is -0.358 e. The fourth-order valence-electron chi connectivity index (χ4n) is 1.34. The summed E-state index contributed by atoms with van der Waals surface area (Å²) in [6.07, 6.45) is 1.33. The lowest BCUT2D eigenvalue weighted by atomic mass is 10.1. The van der Waals surface area contributed by atoms with Crippen molar-refractivity contribution in [3.63, 3.8) is 0 Å². The minimum atomic E-state index is -0.404. The Kier molecular flexibility index (Phi) is 2.39. The number of aromatic nitrogens is 1. The summed E-state index contributed by atoms with van der Waals surface area (Å²) in [5, 5.41) is 9.63. The highest BCUT2D eigenvalue weighted by Gasteiger charge is 2.10. The maximum absolute atomic E-state index is 11.7. The summed E-state index contributed by atoms with van der Waals surface area (Å²) in [4.78, 5) is 14.5. The molecule has 1 heterocycles. The number of pyridine rings is 1. The second kappa shape index (κ2) is 3.58. The van der Waals surface area contributed by atoms with Crippen LogP contribution in [-0.2, 0) is 0 Å². The van der Waals surface area contributed by atoms with Gasteiger partial charge >= 0.3 is 0 Å². The quantitative estimate of drug-likeness (QED) is 0.768. The number of hydrogen-bond donors (Lipinski definition) is 1. The van der Waals surface area contributed by atoms with E-state index in [0.29, 0.717) is 10.5 Å². The molecule has 2 rings (SSSR count). The number of halogens is 2. The SMILES string of the molecule is N#Cc1c[nH]c2c(Cl)ccc(Cl)c2c1=O. The normalized spacial score (nSPS) is 10.2. The number of nitriles is 1. The van der Waals surface area contributed by atoms with Gasteiger partial charge in [0.05, 0.1) is 20.9 Å². The Morgan fingerprint density at radius 3 is 2.60 bits per heavy atom. The van der Waals surface area contributed by atoms with Crippen molar-refractivity contribution in [2.75, 3.05) is 0 Å². The lowest BCUT2D eigenvalue weighted by molar-refractivity contribution is 1.34. The van der Waals surface area contributed by atoms with Crippen LogP contribution in [0, 0.1) is 11.3 Å². The number of fused-ring (bicyclic) bond motifs is 1. The molecule has 0 fully saturated rings. The van der Waals surface area contributed by atoms with E-state index in [9.17, 15) is 4.79 Å². The number of H-pyrrole nitrogens is 1. The number of rotatable bonds is 0. The van der Waals surface area contributed by atoms with E-state index in [1.807, 2.05) is 0 Å². The molecule has 1 aromatic heterocycles. The third-order valence-electron chi connectivity index (χ3n) is 2.06. The van der Waals surface area contributed by atoms with Gasteiger partial charge in [-0.3, -0.25) is 4.79 Å². The van der Waals surface area contributed by atoms with E-state index in [4.69, 9.17) is 28.5 Å². The van der Waals surface area contributed by atoms with Crippen LogP contribution in [0.4, 0.5) is 0 Å². The Hall–Kier alpha value is -1.50. The molecule has 0 spiro atoms. The molecule has 5 heteroatoms. The zero-order chi connectivity index (χ0) is 11.0. The Morgan fingerprint density at radius 1 is 1.27 bits per heavy atom. The fourth-order valence-corrected chi connectivity index (χ4v) is 1.80. The number of nitrogens with zero attached hydrogens (tertiary/aromatic N) is 1. The van der Waals surface area contributed by atoms with Crippen LogP contribution in [0.25, 0.3) is 10.9 Å². The first kappa shape index (κ1) is 10.0. The molecule has 0 aliphatic carbocycles. The predicted molar refractivity (Wildman–Crippen MR) is 59.3 cm³/mol. The first-order valence-electron chi connectivity index (χ1n) is 4.04. The molecule has 0 atom stereocenters. The molecular weight excluding hydrogens is 235 g/mol. The van der Waals surface area contributed by atoms with Gasteiger partial charge in [0.1, 0.15) is 11.6 Å². The van der Waals surface area contributed by atoms with E-state index >= 15 is 0 Å². The van der Waals surface area contributed by atoms with Crippen LogP contribution < -0.4 is 5.43 Å². The smallest absolute Gasteiger partial charge is 0.208 e. The Bertz CT molecular complexity index is 640. The summed E-state index contributed by atoms with van der Waals surface area (Å²) in [5.41, 5.74) is 0.0681. The molecular formula is C10H4Cl2N2O. The van der Waals surface area contributed by atoms with Crippen molar-refractivity contribution in [2.24, 2.45) is 0 Å². The summed E-state index contributed by atoms with van der Waals surface area (Å²) in [6.45, 7) is 0. The highest BCUT2D eigenvalue weighted by molar-refractivity contribution is 6.39. The number of aromatic amines is 1. The predicted octanol–water partition coefficient (Wildman–Crippen LogP) is 2.71. The third kappa shape index (κ3) is 1.48. The van der Waals surface area contributed by atoms with Crippen molar-refractivity contribution in [2.45, 2.75) is 0 Å². The molecule has 74 valence electrons. The van der Waals surface area contributed by atoms with E-state index in [1.165, 1.54) is 12.3 Å². The largest absolute Gasteiger partial charge is 0.358 e. The average molecular weight is 239 g/mol. The molecule has 1 aromatic carbocycles. The highest BCUT2D eigenvalue weighted by Crippen LogP contribution is 2.25. The van der Waals surface area contributed by atoms with E-state index < -0.39 is 5.43 Å². The summed E-state index contributed by atoms with van der Waals surface area (Å²) in [6, 6.07) is 4.91. The Morgan fingerprint density at radius 2 is 1.93 bits per heavy atom. The van der Waals surface area contributed by atoms with Crippen LogP contribution in [0.3, 0.4) is 0 Å². The number of benzene rings is 1. The Labute approximate surface area is 94.9 Å². The van der Waals surface area contributed by atoms with Crippen LogP contribution >= 0.6 is 23.2 Å². The average Bonchev–Trinajstić information content (AvgIpc) is 2.23. The molecule has 0 aliphatic rings. The molecule has 0 aliphatic heterocycles. The lowest BCUT2D eigenvalue weighted by Crippen LogP contribution is -2.07. The zero-order valence-corrected chi connectivity index (χ0v) is 8.86. The van der Waals surface area contributed by atoms with Crippen molar-refractivity contribution < 1.29 is 0 Å². The number of nitrogens with one attached hydrogen (secondary N) is 1. The van der Waals surface area contributed by atoms with E-state index in [-0.39, 0.29) is 16.0 Å². The first-order valence-corrected chi connectivity index (χ1v) is 4.80. The summed E-state index contributed by atoms with van der Waals surface area (Å²) >= 11 is 11.8. The molecule has 0 saturated carbocycles. The highest BCUT2D eigenvalue weighted by atomic mass is 35.5. The van der Waals surface area contributed by atoms with Crippen molar-refractivity contribution in [3.8, 4) is 6.07 Å². The second-order valence-corrected chi connectivity index (χ2v) is 3.74. The second-order valence-electron chi connectivity index (χ2n) is 2.92. The first-order chi connectivity index (χ1) is 7.15. The lowest BCUT2D eigenvalue weighted by Gasteiger charge is -2.02. The molecule has 0 unspecified atom stereocenters. The molecule has 3 nitrogen and oxygen atoms in total. The van der Waals surface area contributed by atoms with E-state index in [0.717, 1.165) is 0 Å². The van der Waals surface area contributed by atoms with Gasteiger partial charge in [-0.15, -0.1) is 0 Å². The summed E-state index contributed by atoms with van der Waals surface area (Å²) < 4.78 is 0. The van der Waals surface area contributed by atoms with Gasteiger partial charge < -0.3 is 4.98 Å². The van der Waals surface area contributed by atoms with Crippen LogP contribution in [0.2, 0.25) is 10.0 Å². The molecule has 1 N–H and O–H groups in total. The molecule has 0 amide bonds. The van der Waals surface area contributed by atoms with Crippen molar-refractivity contribution in [1.82, 2.24) is 4.98 Å². The molecule has 0 saturated heterocycles. The molecule has 0 bridgehead atoms. The molecule has 0 radical (unpaired) electrons. The van der Waals surface area contributed by atoms with Crippen LogP contribution in [-0.4, -0.2) is 4.98 Å². The zero-order valence-electron chi connectivity index (χ0n) is 7.34. The fraction of sp³-hybridized carbons (Fsp3) is 0. The van der Waals surface area contributed by atoms with E-state index in [1.54, 1.807) is 12.1 Å².